The largest absolute Gasteiger partial charge is 0.359 e. The lowest BCUT2D eigenvalue weighted by Gasteiger charge is -2.28. The average molecular weight is 268 g/mol. The van der Waals surface area contributed by atoms with Crippen molar-refractivity contribution in [3.05, 3.63) is 10.6 Å². The predicted molar refractivity (Wildman–Crippen MR) is 74.1 cm³/mol. The van der Waals surface area contributed by atoms with Gasteiger partial charge in [-0.3, -0.25) is 0 Å². The molecule has 1 aromatic rings. The van der Waals surface area contributed by atoms with Gasteiger partial charge in [0.2, 0.25) is 0 Å². The highest BCUT2D eigenvalue weighted by Crippen LogP contribution is 2.28. The SMILES string of the molecule is CC(C)Nc1nc2c(s1)CN(C(=O)N(C)C)CC2. The number of hydrogen-bond donors (Lipinski definition) is 1. The van der Waals surface area contributed by atoms with Gasteiger partial charge < -0.3 is 15.1 Å². The van der Waals surface area contributed by atoms with Crippen molar-refractivity contribution in [3.8, 4) is 0 Å². The second-order valence-electron chi connectivity index (χ2n) is 5.04. The summed E-state index contributed by atoms with van der Waals surface area (Å²) in [5, 5.41) is 4.29. The topological polar surface area (TPSA) is 48.5 Å². The minimum atomic E-state index is 0.0763. The summed E-state index contributed by atoms with van der Waals surface area (Å²) >= 11 is 1.66. The van der Waals surface area contributed by atoms with Gasteiger partial charge in [-0.25, -0.2) is 9.78 Å². The van der Waals surface area contributed by atoms with Crippen LogP contribution in [-0.2, 0) is 13.0 Å². The van der Waals surface area contributed by atoms with Crippen molar-refractivity contribution in [1.82, 2.24) is 14.8 Å². The van der Waals surface area contributed by atoms with Crippen LogP contribution in [0.1, 0.15) is 24.4 Å². The summed E-state index contributed by atoms with van der Waals surface area (Å²) in [4.78, 5) is 21.2. The van der Waals surface area contributed by atoms with E-state index in [1.54, 1.807) is 30.3 Å². The quantitative estimate of drug-likeness (QED) is 0.892. The molecule has 1 N–H and O–H groups in total. The zero-order valence-corrected chi connectivity index (χ0v) is 12.2. The molecule has 5 nitrogen and oxygen atoms in total. The number of aromatic nitrogens is 1. The second-order valence-corrected chi connectivity index (χ2v) is 6.12. The lowest BCUT2D eigenvalue weighted by Crippen LogP contribution is -2.41. The molecule has 0 saturated heterocycles. The van der Waals surface area contributed by atoms with Crippen molar-refractivity contribution < 1.29 is 4.79 Å². The van der Waals surface area contributed by atoms with Gasteiger partial charge in [0.15, 0.2) is 5.13 Å². The maximum absolute atomic E-state index is 11.9. The molecule has 0 aromatic carbocycles. The molecule has 0 bridgehead atoms. The Morgan fingerprint density at radius 2 is 2.22 bits per heavy atom. The number of fused-ring (bicyclic) bond motifs is 1. The third-order valence-corrected chi connectivity index (χ3v) is 3.81. The fraction of sp³-hybridized carbons (Fsp3) is 0.667. The standard InChI is InChI=1S/C12H20N4OS/c1-8(2)13-11-14-9-5-6-16(7-10(9)18-11)12(17)15(3)4/h8H,5-7H2,1-4H3,(H,13,14). The van der Waals surface area contributed by atoms with Crippen LogP contribution in [0.5, 0.6) is 0 Å². The molecule has 1 aliphatic heterocycles. The highest BCUT2D eigenvalue weighted by Gasteiger charge is 2.24. The van der Waals surface area contributed by atoms with E-state index in [-0.39, 0.29) is 6.03 Å². The van der Waals surface area contributed by atoms with Crippen LogP contribution in [0.2, 0.25) is 0 Å². The Morgan fingerprint density at radius 1 is 1.50 bits per heavy atom. The number of thiazole rings is 1. The van der Waals surface area contributed by atoms with Gasteiger partial charge in [0, 0.05) is 38.0 Å². The van der Waals surface area contributed by atoms with E-state index in [1.165, 1.54) is 4.88 Å². The fourth-order valence-electron chi connectivity index (χ4n) is 1.95. The number of nitrogens with zero attached hydrogens (tertiary/aromatic N) is 3. The van der Waals surface area contributed by atoms with Gasteiger partial charge in [-0.05, 0) is 13.8 Å². The van der Waals surface area contributed by atoms with E-state index in [9.17, 15) is 4.79 Å². The van der Waals surface area contributed by atoms with Gasteiger partial charge in [0.25, 0.3) is 0 Å². The van der Waals surface area contributed by atoms with Crippen LogP contribution < -0.4 is 5.32 Å². The normalized spacial score (nSPS) is 14.6. The first kappa shape index (κ1) is 13.1. The van der Waals surface area contributed by atoms with E-state index in [4.69, 9.17) is 0 Å². The maximum Gasteiger partial charge on any atom is 0.319 e. The molecule has 2 heterocycles. The van der Waals surface area contributed by atoms with E-state index in [1.807, 2.05) is 4.90 Å². The smallest absolute Gasteiger partial charge is 0.319 e. The van der Waals surface area contributed by atoms with Crippen LogP contribution in [0, 0.1) is 0 Å². The maximum atomic E-state index is 11.9. The number of hydrogen-bond acceptors (Lipinski definition) is 4. The van der Waals surface area contributed by atoms with Gasteiger partial charge in [-0.15, -0.1) is 0 Å². The summed E-state index contributed by atoms with van der Waals surface area (Å²) < 4.78 is 0. The molecule has 0 aliphatic carbocycles. The van der Waals surface area contributed by atoms with Crippen molar-refractivity contribution in [3.63, 3.8) is 0 Å². The van der Waals surface area contributed by atoms with E-state index < -0.39 is 0 Å². The van der Waals surface area contributed by atoms with Gasteiger partial charge in [0.05, 0.1) is 12.2 Å². The summed E-state index contributed by atoms with van der Waals surface area (Å²) in [7, 11) is 3.58. The van der Waals surface area contributed by atoms with Crippen molar-refractivity contribution in [2.45, 2.75) is 32.9 Å². The fourth-order valence-corrected chi connectivity index (χ4v) is 3.12. The molecule has 0 fully saturated rings. The molecule has 0 spiro atoms. The summed E-state index contributed by atoms with van der Waals surface area (Å²) in [5.74, 6) is 0. The summed E-state index contributed by atoms with van der Waals surface area (Å²) in [6.07, 6.45) is 0.852. The summed E-state index contributed by atoms with van der Waals surface area (Å²) in [6.45, 7) is 5.64. The number of carbonyl (C=O) groups is 1. The number of urea groups is 1. The molecular weight excluding hydrogens is 248 g/mol. The molecule has 6 heteroatoms. The number of anilines is 1. The van der Waals surface area contributed by atoms with Gasteiger partial charge in [0.1, 0.15) is 0 Å². The van der Waals surface area contributed by atoms with Crippen LogP contribution in [0.25, 0.3) is 0 Å². The van der Waals surface area contributed by atoms with Crippen LogP contribution >= 0.6 is 11.3 Å². The monoisotopic (exact) mass is 268 g/mol. The molecule has 0 saturated carbocycles. The first-order chi connectivity index (χ1) is 8.47. The van der Waals surface area contributed by atoms with Gasteiger partial charge in [-0.2, -0.15) is 0 Å². The Kier molecular flexibility index (Phi) is 3.75. The molecular formula is C12H20N4OS. The van der Waals surface area contributed by atoms with Crippen LogP contribution in [-0.4, -0.2) is 47.5 Å². The third kappa shape index (κ3) is 2.75. The van der Waals surface area contributed by atoms with Crippen LogP contribution in [0.3, 0.4) is 0 Å². The Morgan fingerprint density at radius 3 is 2.83 bits per heavy atom. The Bertz CT molecular complexity index is 441. The average Bonchev–Trinajstić information content (AvgIpc) is 2.67. The summed E-state index contributed by atoms with van der Waals surface area (Å²) in [5.41, 5.74) is 1.14. The highest BCUT2D eigenvalue weighted by molar-refractivity contribution is 7.15. The third-order valence-electron chi connectivity index (χ3n) is 2.80. The minimum absolute atomic E-state index is 0.0763. The second kappa shape index (κ2) is 5.14. The first-order valence-electron chi connectivity index (χ1n) is 6.18. The Labute approximate surface area is 112 Å². The molecule has 1 aromatic heterocycles. The van der Waals surface area contributed by atoms with Crippen LogP contribution in [0.15, 0.2) is 0 Å². The van der Waals surface area contributed by atoms with Crippen molar-refractivity contribution in [1.29, 1.82) is 0 Å². The zero-order valence-electron chi connectivity index (χ0n) is 11.4. The van der Waals surface area contributed by atoms with Gasteiger partial charge >= 0.3 is 6.03 Å². The van der Waals surface area contributed by atoms with E-state index in [2.05, 4.69) is 24.1 Å². The van der Waals surface area contributed by atoms with E-state index in [0.29, 0.717) is 12.6 Å². The molecule has 0 unspecified atom stereocenters. The summed E-state index contributed by atoms with van der Waals surface area (Å²) in [6, 6.07) is 0.463. The number of rotatable bonds is 2. The van der Waals surface area contributed by atoms with Crippen molar-refractivity contribution >= 4 is 22.5 Å². The lowest BCUT2D eigenvalue weighted by atomic mass is 10.2. The highest BCUT2D eigenvalue weighted by atomic mass is 32.1. The Hall–Kier alpha value is -1.30. The molecule has 2 amide bonds. The molecule has 18 heavy (non-hydrogen) atoms. The van der Waals surface area contributed by atoms with Crippen LogP contribution in [0.4, 0.5) is 9.93 Å². The minimum Gasteiger partial charge on any atom is -0.359 e. The number of carbonyl (C=O) groups excluding carboxylic acids is 1. The zero-order chi connectivity index (χ0) is 13.3. The molecule has 0 radical (unpaired) electrons. The van der Waals surface area contributed by atoms with E-state index >= 15 is 0 Å². The molecule has 100 valence electrons. The van der Waals surface area contributed by atoms with Crippen molar-refractivity contribution in [2.75, 3.05) is 26.0 Å². The Balaban J connectivity index is 2.09. The number of amides is 2. The lowest BCUT2D eigenvalue weighted by molar-refractivity contribution is 0.166. The van der Waals surface area contributed by atoms with E-state index in [0.717, 1.165) is 23.8 Å². The first-order valence-corrected chi connectivity index (χ1v) is 7.00. The number of nitrogens with one attached hydrogen (secondary N) is 1. The van der Waals surface area contributed by atoms with Gasteiger partial charge in [-0.1, -0.05) is 11.3 Å². The van der Waals surface area contributed by atoms with Crippen molar-refractivity contribution in [2.24, 2.45) is 0 Å². The predicted octanol–water partition coefficient (Wildman–Crippen LogP) is 2.00. The molecule has 0 atom stereocenters. The molecule has 2 rings (SSSR count). The molecule has 1 aliphatic rings.